The number of aryl methyl sites for hydroxylation is 1. The van der Waals surface area contributed by atoms with Gasteiger partial charge >= 0.3 is 0 Å². The number of hydrogen-bond acceptors (Lipinski definition) is 4. The Morgan fingerprint density at radius 3 is 2.58 bits per heavy atom. The van der Waals surface area contributed by atoms with Crippen LogP contribution in [0.2, 0.25) is 5.02 Å². The summed E-state index contributed by atoms with van der Waals surface area (Å²) in [5, 5.41) is 1.08. The summed E-state index contributed by atoms with van der Waals surface area (Å²) in [6, 6.07) is 8.57. The molecule has 0 unspecified atom stereocenters. The fourth-order valence-corrected chi connectivity index (χ4v) is 2.80. The second-order valence-corrected chi connectivity index (χ2v) is 5.76. The van der Waals surface area contributed by atoms with Gasteiger partial charge in [0.15, 0.2) is 0 Å². The molecule has 0 radical (unpaired) electrons. The lowest BCUT2D eigenvalue weighted by Crippen LogP contribution is -2.03. The number of rotatable bonds is 4. The summed E-state index contributed by atoms with van der Waals surface area (Å²) in [5.74, 6) is 0.576. The Labute approximate surface area is 119 Å². The van der Waals surface area contributed by atoms with Crippen LogP contribution in [0.5, 0.6) is 0 Å². The molecule has 0 N–H and O–H groups in total. The van der Waals surface area contributed by atoms with Crippen molar-refractivity contribution in [3.8, 4) is 0 Å². The predicted molar refractivity (Wildman–Crippen MR) is 73.6 cm³/mol. The standard InChI is InChI=1S/C13H13ClN2O2S/c1-9-15-11(8-18-2)7-13(16-9)19(17)12-5-3-10(14)4-6-12/h3-7H,8H2,1-2H3/t19-/m1/s1. The molecule has 1 aromatic carbocycles. The number of ether oxygens (including phenoxy) is 1. The van der Waals surface area contributed by atoms with E-state index in [0.29, 0.717) is 33.1 Å². The van der Waals surface area contributed by atoms with Crippen LogP contribution in [-0.2, 0) is 22.1 Å². The van der Waals surface area contributed by atoms with E-state index in [0.717, 1.165) is 0 Å². The molecule has 0 fully saturated rings. The summed E-state index contributed by atoms with van der Waals surface area (Å²) < 4.78 is 17.4. The van der Waals surface area contributed by atoms with E-state index < -0.39 is 10.8 Å². The van der Waals surface area contributed by atoms with Crippen molar-refractivity contribution in [3.05, 3.63) is 46.9 Å². The normalized spacial score (nSPS) is 12.4. The highest BCUT2D eigenvalue weighted by atomic mass is 35.5. The molecule has 100 valence electrons. The molecule has 1 atom stereocenters. The lowest BCUT2D eigenvalue weighted by Gasteiger charge is -2.05. The maximum atomic E-state index is 12.4. The first kappa shape index (κ1) is 14.1. The van der Waals surface area contributed by atoms with Crippen LogP contribution in [0.25, 0.3) is 0 Å². The van der Waals surface area contributed by atoms with Crippen LogP contribution in [0.1, 0.15) is 11.5 Å². The maximum absolute atomic E-state index is 12.4. The van der Waals surface area contributed by atoms with E-state index in [9.17, 15) is 4.21 Å². The van der Waals surface area contributed by atoms with Crippen molar-refractivity contribution in [1.29, 1.82) is 0 Å². The second kappa shape index (κ2) is 6.23. The first-order chi connectivity index (χ1) is 9.10. The van der Waals surface area contributed by atoms with Crippen LogP contribution in [0, 0.1) is 6.92 Å². The Bertz CT molecular complexity index is 602. The summed E-state index contributed by atoms with van der Waals surface area (Å²) in [6.45, 7) is 2.13. The highest BCUT2D eigenvalue weighted by Crippen LogP contribution is 2.18. The molecule has 0 spiro atoms. The van der Waals surface area contributed by atoms with Gasteiger partial charge in [-0.25, -0.2) is 14.2 Å². The summed E-state index contributed by atoms with van der Waals surface area (Å²) in [5.41, 5.74) is 0.715. The zero-order valence-corrected chi connectivity index (χ0v) is 12.2. The second-order valence-electron chi connectivity index (χ2n) is 3.90. The molecule has 0 amide bonds. The Balaban J connectivity index is 2.35. The van der Waals surface area contributed by atoms with Crippen molar-refractivity contribution in [2.75, 3.05) is 7.11 Å². The summed E-state index contributed by atoms with van der Waals surface area (Å²) in [6.07, 6.45) is 0. The molecule has 6 heteroatoms. The van der Waals surface area contributed by atoms with Gasteiger partial charge in [-0.2, -0.15) is 0 Å². The van der Waals surface area contributed by atoms with Crippen LogP contribution in [-0.4, -0.2) is 21.3 Å². The number of benzene rings is 1. The molecule has 0 saturated carbocycles. The van der Waals surface area contributed by atoms with Crippen molar-refractivity contribution in [3.63, 3.8) is 0 Å². The zero-order chi connectivity index (χ0) is 13.8. The van der Waals surface area contributed by atoms with Gasteiger partial charge in [0, 0.05) is 17.0 Å². The molecular formula is C13H13ClN2O2S. The van der Waals surface area contributed by atoms with Gasteiger partial charge in [0.2, 0.25) is 0 Å². The van der Waals surface area contributed by atoms with E-state index in [1.165, 1.54) is 0 Å². The van der Waals surface area contributed by atoms with E-state index in [2.05, 4.69) is 9.97 Å². The maximum Gasteiger partial charge on any atom is 0.136 e. The molecule has 2 aromatic rings. The largest absolute Gasteiger partial charge is 0.378 e. The Hall–Kier alpha value is -1.30. The third-order valence-electron chi connectivity index (χ3n) is 2.38. The fourth-order valence-electron chi connectivity index (χ4n) is 1.60. The molecule has 4 nitrogen and oxygen atoms in total. The lowest BCUT2D eigenvalue weighted by atomic mass is 10.4. The number of nitrogens with zero attached hydrogens (tertiary/aromatic N) is 2. The van der Waals surface area contributed by atoms with Gasteiger partial charge < -0.3 is 4.74 Å². The van der Waals surface area contributed by atoms with Gasteiger partial charge in [0.25, 0.3) is 0 Å². The molecular weight excluding hydrogens is 284 g/mol. The Morgan fingerprint density at radius 1 is 1.26 bits per heavy atom. The van der Waals surface area contributed by atoms with Gasteiger partial charge in [-0.05, 0) is 37.3 Å². The first-order valence-electron chi connectivity index (χ1n) is 5.61. The zero-order valence-electron chi connectivity index (χ0n) is 10.6. The van der Waals surface area contributed by atoms with Crippen molar-refractivity contribution < 1.29 is 8.95 Å². The summed E-state index contributed by atoms with van der Waals surface area (Å²) in [4.78, 5) is 9.10. The smallest absolute Gasteiger partial charge is 0.136 e. The highest BCUT2D eigenvalue weighted by Gasteiger charge is 2.11. The quantitative estimate of drug-likeness (QED) is 0.814. The van der Waals surface area contributed by atoms with Crippen molar-refractivity contribution in [1.82, 2.24) is 9.97 Å². The van der Waals surface area contributed by atoms with Crippen LogP contribution in [0.4, 0.5) is 0 Å². The van der Waals surface area contributed by atoms with Gasteiger partial charge in [-0.1, -0.05) is 11.6 Å². The lowest BCUT2D eigenvalue weighted by molar-refractivity contribution is 0.181. The average Bonchev–Trinajstić information content (AvgIpc) is 2.38. The van der Waals surface area contributed by atoms with Crippen LogP contribution in [0.3, 0.4) is 0 Å². The predicted octanol–water partition coefficient (Wildman–Crippen LogP) is 2.75. The van der Waals surface area contributed by atoms with Gasteiger partial charge in [-0.15, -0.1) is 0 Å². The van der Waals surface area contributed by atoms with Gasteiger partial charge in [0.1, 0.15) is 21.6 Å². The molecule has 1 aromatic heterocycles. The van der Waals surface area contributed by atoms with Crippen LogP contribution in [0.15, 0.2) is 40.3 Å². The average molecular weight is 297 g/mol. The third kappa shape index (κ3) is 3.59. The molecule has 0 aliphatic carbocycles. The molecule has 19 heavy (non-hydrogen) atoms. The Kier molecular flexibility index (Phi) is 4.63. The Morgan fingerprint density at radius 2 is 1.95 bits per heavy atom. The van der Waals surface area contributed by atoms with E-state index in [1.54, 1.807) is 44.4 Å². The molecule has 0 aliphatic rings. The van der Waals surface area contributed by atoms with Crippen molar-refractivity contribution in [2.45, 2.75) is 23.5 Å². The van der Waals surface area contributed by atoms with Crippen molar-refractivity contribution in [2.24, 2.45) is 0 Å². The molecule has 0 saturated heterocycles. The third-order valence-corrected chi connectivity index (χ3v) is 3.92. The molecule has 2 rings (SSSR count). The van der Waals surface area contributed by atoms with E-state index >= 15 is 0 Å². The topological polar surface area (TPSA) is 52.1 Å². The highest BCUT2D eigenvalue weighted by molar-refractivity contribution is 7.85. The summed E-state index contributed by atoms with van der Waals surface area (Å²) in [7, 11) is 0.246. The molecule has 0 aliphatic heterocycles. The minimum Gasteiger partial charge on any atom is -0.378 e. The van der Waals surface area contributed by atoms with E-state index in [1.807, 2.05) is 0 Å². The summed E-state index contributed by atoms with van der Waals surface area (Å²) >= 11 is 5.81. The van der Waals surface area contributed by atoms with Gasteiger partial charge in [0.05, 0.1) is 12.3 Å². The van der Waals surface area contributed by atoms with Crippen LogP contribution >= 0.6 is 11.6 Å². The number of aromatic nitrogens is 2. The monoisotopic (exact) mass is 296 g/mol. The minimum absolute atomic E-state index is 0.369. The SMILES string of the molecule is COCc1cc([S@](=O)c2ccc(Cl)cc2)nc(C)n1. The molecule has 1 heterocycles. The molecule has 0 bridgehead atoms. The number of halogens is 1. The number of methoxy groups -OCH3 is 1. The fraction of sp³-hybridized carbons (Fsp3) is 0.231. The van der Waals surface area contributed by atoms with Gasteiger partial charge in [-0.3, -0.25) is 0 Å². The van der Waals surface area contributed by atoms with Crippen molar-refractivity contribution >= 4 is 22.4 Å². The van der Waals surface area contributed by atoms with Crippen LogP contribution < -0.4 is 0 Å². The van der Waals surface area contributed by atoms with E-state index in [4.69, 9.17) is 16.3 Å². The minimum atomic E-state index is -1.34. The first-order valence-corrected chi connectivity index (χ1v) is 7.14. The van der Waals surface area contributed by atoms with E-state index in [-0.39, 0.29) is 0 Å². The number of hydrogen-bond donors (Lipinski definition) is 0.